The number of piperidine rings is 1. The zero-order valence-corrected chi connectivity index (χ0v) is 17.9. The molecule has 3 heterocycles. The van der Waals surface area contributed by atoms with Crippen LogP contribution in [0, 0.1) is 11.7 Å². The zero-order valence-electron chi connectivity index (χ0n) is 17.9. The second-order valence-electron chi connectivity index (χ2n) is 9.33. The summed E-state index contributed by atoms with van der Waals surface area (Å²) in [5.41, 5.74) is 8.43. The number of anilines is 1. The number of benzene rings is 1. The average molecular weight is 427 g/mol. The number of carbonyl (C=O) groups excluding carboxylic acids is 1. The minimum Gasteiger partial charge on any atom is -0.325 e. The van der Waals surface area contributed by atoms with Crippen LogP contribution in [0.25, 0.3) is 0 Å². The lowest BCUT2D eigenvalue weighted by Crippen LogP contribution is -2.42. The highest BCUT2D eigenvalue weighted by atomic mass is 19.1. The van der Waals surface area contributed by atoms with Gasteiger partial charge in [-0.2, -0.15) is 5.10 Å². The first-order chi connectivity index (χ1) is 15.1. The van der Waals surface area contributed by atoms with Gasteiger partial charge >= 0.3 is 0 Å². The monoisotopic (exact) mass is 426 g/mol. The van der Waals surface area contributed by atoms with Crippen LogP contribution >= 0.6 is 0 Å². The number of nitrogens with zero attached hydrogens (tertiary/aromatic N) is 3. The molecule has 5 rings (SSSR count). The molecule has 2 aromatic rings. The minimum absolute atomic E-state index is 0.0747. The van der Waals surface area contributed by atoms with E-state index in [1.807, 2.05) is 6.20 Å². The number of aromatic nitrogens is 2. The fourth-order valence-corrected chi connectivity index (χ4v) is 5.40. The maximum atomic E-state index is 13.1. The third kappa shape index (κ3) is 4.37. The molecule has 1 aromatic heterocycles. The molecule has 4 atom stereocenters. The number of fused-ring (bicyclic) bond motifs is 1. The SMILES string of the molecule is CN1CCC(n2cc(C3CCC4NNC(C(=O)Nc5ccc(F)cc5)C4C3)cn2)CC1. The van der Waals surface area contributed by atoms with E-state index < -0.39 is 0 Å². The van der Waals surface area contributed by atoms with Crippen LogP contribution in [0.1, 0.15) is 49.6 Å². The van der Waals surface area contributed by atoms with Gasteiger partial charge in [-0.25, -0.2) is 9.82 Å². The summed E-state index contributed by atoms with van der Waals surface area (Å²) in [5, 5.41) is 7.62. The number of carbonyl (C=O) groups is 1. The lowest BCUT2D eigenvalue weighted by molar-refractivity contribution is -0.119. The Balaban J connectivity index is 1.24. The van der Waals surface area contributed by atoms with Crippen LogP contribution in [-0.2, 0) is 4.79 Å². The Morgan fingerprint density at radius 2 is 1.90 bits per heavy atom. The van der Waals surface area contributed by atoms with Crippen molar-refractivity contribution >= 4 is 11.6 Å². The van der Waals surface area contributed by atoms with Crippen LogP contribution in [0.3, 0.4) is 0 Å². The van der Waals surface area contributed by atoms with Crippen LogP contribution in [0.15, 0.2) is 36.7 Å². The summed E-state index contributed by atoms with van der Waals surface area (Å²) in [5.74, 6) is 0.249. The molecule has 4 unspecified atom stereocenters. The molecule has 2 aliphatic heterocycles. The van der Waals surface area contributed by atoms with E-state index in [2.05, 4.69) is 39.0 Å². The molecule has 166 valence electrons. The summed E-state index contributed by atoms with van der Waals surface area (Å²) in [6.07, 6.45) is 9.64. The van der Waals surface area contributed by atoms with Crippen LogP contribution in [-0.4, -0.2) is 52.8 Å². The van der Waals surface area contributed by atoms with Crippen molar-refractivity contribution in [1.29, 1.82) is 0 Å². The molecule has 1 aromatic carbocycles. The average Bonchev–Trinajstić information content (AvgIpc) is 3.43. The van der Waals surface area contributed by atoms with Gasteiger partial charge in [-0.15, -0.1) is 0 Å². The Morgan fingerprint density at radius 1 is 1.13 bits per heavy atom. The molecule has 0 bridgehead atoms. The topological polar surface area (TPSA) is 74.2 Å². The van der Waals surface area contributed by atoms with Crippen LogP contribution < -0.4 is 16.2 Å². The molecule has 3 fully saturated rings. The number of hydrogen-bond donors (Lipinski definition) is 3. The summed E-state index contributed by atoms with van der Waals surface area (Å²) in [7, 11) is 2.18. The van der Waals surface area contributed by atoms with Crippen molar-refractivity contribution in [3.05, 3.63) is 48.0 Å². The van der Waals surface area contributed by atoms with E-state index in [9.17, 15) is 9.18 Å². The lowest BCUT2D eigenvalue weighted by atomic mass is 9.74. The Labute approximate surface area is 182 Å². The first kappa shape index (κ1) is 20.6. The molecule has 8 heteroatoms. The third-order valence-electron chi connectivity index (χ3n) is 7.30. The molecule has 1 saturated carbocycles. The second kappa shape index (κ2) is 8.68. The highest BCUT2D eigenvalue weighted by molar-refractivity contribution is 5.95. The molecule has 1 aliphatic carbocycles. The van der Waals surface area contributed by atoms with Gasteiger partial charge < -0.3 is 10.2 Å². The minimum atomic E-state index is -0.311. The lowest BCUT2D eigenvalue weighted by Gasteiger charge is -2.32. The van der Waals surface area contributed by atoms with E-state index >= 15 is 0 Å². The van der Waals surface area contributed by atoms with Crippen molar-refractivity contribution in [1.82, 2.24) is 25.5 Å². The van der Waals surface area contributed by atoms with E-state index in [-0.39, 0.29) is 23.7 Å². The van der Waals surface area contributed by atoms with E-state index in [0.29, 0.717) is 23.7 Å². The Kier molecular flexibility index (Phi) is 5.77. The smallest absolute Gasteiger partial charge is 0.243 e. The first-order valence-electron chi connectivity index (χ1n) is 11.4. The standard InChI is InChI=1S/C23H31FN6O/c1-29-10-8-19(9-11-29)30-14-16(13-25-30)15-2-7-21-20(12-15)22(28-27-21)23(31)26-18-5-3-17(24)4-6-18/h3-6,13-15,19-22,27-28H,2,7-12H2,1H3,(H,26,31). The number of hydrazine groups is 1. The van der Waals surface area contributed by atoms with E-state index in [1.54, 1.807) is 12.1 Å². The number of likely N-dealkylation sites (tertiary alicyclic amines) is 1. The first-order valence-corrected chi connectivity index (χ1v) is 11.4. The third-order valence-corrected chi connectivity index (χ3v) is 7.30. The zero-order chi connectivity index (χ0) is 21.4. The van der Waals surface area contributed by atoms with Gasteiger partial charge in [0.2, 0.25) is 5.91 Å². The normalized spacial score (nSPS) is 29.6. The predicted molar refractivity (Wildman–Crippen MR) is 117 cm³/mol. The molecule has 2 saturated heterocycles. The highest BCUT2D eigenvalue weighted by Crippen LogP contribution is 2.40. The molecule has 0 spiro atoms. The number of hydrogen-bond acceptors (Lipinski definition) is 5. The molecule has 7 nitrogen and oxygen atoms in total. The molecule has 0 radical (unpaired) electrons. The highest BCUT2D eigenvalue weighted by Gasteiger charge is 2.44. The molecule has 31 heavy (non-hydrogen) atoms. The molecule has 3 aliphatic rings. The van der Waals surface area contributed by atoms with Crippen molar-refractivity contribution in [3.8, 4) is 0 Å². The van der Waals surface area contributed by atoms with Gasteiger partial charge in [-0.05, 0) is 88.0 Å². The van der Waals surface area contributed by atoms with Gasteiger partial charge in [0.25, 0.3) is 0 Å². The van der Waals surface area contributed by atoms with Gasteiger partial charge in [0.05, 0.1) is 12.2 Å². The maximum absolute atomic E-state index is 13.1. The summed E-state index contributed by atoms with van der Waals surface area (Å²) >= 11 is 0. The quantitative estimate of drug-likeness (QED) is 0.701. The van der Waals surface area contributed by atoms with Crippen LogP contribution in [0.2, 0.25) is 0 Å². The Hall–Kier alpha value is -2.29. The van der Waals surface area contributed by atoms with Gasteiger partial charge in [0, 0.05) is 23.8 Å². The van der Waals surface area contributed by atoms with E-state index in [1.165, 1.54) is 17.7 Å². The summed E-state index contributed by atoms with van der Waals surface area (Å²) in [6, 6.07) is 6.38. The number of rotatable bonds is 4. The van der Waals surface area contributed by atoms with Gasteiger partial charge in [0.15, 0.2) is 0 Å². The van der Waals surface area contributed by atoms with E-state index in [0.717, 1.165) is 45.2 Å². The number of halogens is 1. The van der Waals surface area contributed by atoms with Crippen molar-refractivity contribution < 1.29 is 9.18 Å². The Bertz CT molecular complexity index is 907. The fraction of sp³-hybridized carbons (Fsp3) is 0.565. The van der Waals surface area contributed by atoms with Gasteiger partial charge in [-0.1, -0.05) is 0 Å². The number of nitrogens with one attached hydrogen (secondary N) is 3. The molecule has 1 amide bonds. The Morgan fingerprint density at radius 3 is 2.68 bits per heavy atom. The molecular formula is C23H31FN6O. The number of amides is 1. The van der Waals surface area contributed by atoms with Crippen molar-refractivity contribution in [3.63, 3.8) is 0 Å². The molecule has 3 N–H and O–H groups in total. The van der Waals surface area contributed by atoms with Crippen LogP contribution in [0.5, 0.6) is 0 Å². The largest absolute Gasteiger partial charge is 0.325 e. The van der Waals surface area contributed by atoms with Gasteiger partial charge in [0.1, 0.15) is 11.9 Å². The summed E-state index contributed by atoms with van der Waals surface area (Å²) < 4.78 is 15.3. The maximum Gasteiger partial charge on any atom is 0.243 e. The summed E-state index contributed by atoms with van der Waals surface area (Å²) in [6.45, 7) is 2.24. The van der Waals surface area contributed by atoms with Crippen LogP contribution in [0.4, 0.5) is 10.1 Å². The van der Waals surface area contributed by atoms with Crippen molar-refractivity contribution in [2.75, 3.05) is 25.5 Å². The fourth-order valence-electron chi connectivity index (χ4n) is 5.40. The summed E-state index contributed by atoms with van der Waals surface area (Å²) in [4.78, 5) is 15.3. The van der Waals surface area contributed by atoms with Crippen molar-refractivity contribution in [2.24, 2.45) is 5.92 Å². The van der Waals surface area contributed by atoms with Crippen molar-refractivity contribution in [2.45, 2.75) is 56.1 Å². The van der Waals surface area contributed by atoms with Gasteiger partial charge in [-0.3, -0.25) is 14.9 Å². The predicted octanol–water partition coefficient (Wildman–Crippen LogP) is 2.66. The van der Waals surface area contributed by atoms with E-state index in [4.69, 9.17) is 5.10 Å². The second-order valence-corrected chi connectivity index (χ2v) is 9.33. The molecular weight excluding hydrogens is 395 g/mol.